The molecule has 0 amide bonds. The van der Waals surface area contributed by atoms with E-state index in [0.717, 1.165) is 75.5 Å². The number of rotatable bonds is 50. The van der Waals surface area contributed by atoms with Crippen LogP contribution in [0.2, 0.25) is 0 Å². The topological polar surface area (TPSA) is 78.9 Å². The predicted octanol–water partition coefficient (Wildman–Crippen LogP) is 18.3. The van der Waals surface area contributed by atoms with Gasteiger partial charge >= 0.3 is 17.9 Å². The van der Waals surface area contributed by atoms with Crippen LogP contribution in [0.15, 0.2) is 0 Å². The second kappa shape index (κ2) is 48.3. The van der Waals surface area contributed by atoms with Crippen molar-refractivity contribution >= 4 is 17.9 Å². The molecule has 0 radical (unpaired) electrons. The SMILES string of the molecule is CC(C)CCCCCCCCCCCCCCCCC(=O)OC[C@@H](COC(=O)CCCCCCCCCCCC(C)C)OC(=O)CCCCCCCCCCCCCCCC(C)C. The minimum absolute atomic E-state index is 0.0639. The van der Waals surface area contributed by atoms with E-state index in [1.165, 1.54) is 193 Å². The third kappa shape index (κ3) is 51.3. The summed E-state index contributed by atoms with van der Waals surface area (Å²) < 4.78 is 16.9. The molecule has 0 aromatic carbocycles. The Balaban J connectivity index is 4.29. The second-order valence-electron chi connectivity index (χ2n) is 21.0. The Morgan fingerprint density at radius 3 is 0.683 bits per heavy atom. The van der Waals surface area contributed by atoms with Crippen molar-refractivity contribution in [2.45, 2.75) is 317 Å². The Bertz CT molecular complexity index is 976. The normalized spacial score (nSPS) is 12.1. The molecule has 0 N–H and O–H groups in total. The first-order valence-electron chi connectivity index (χ1n) is 28.1. The molecule has 0 unspecified atom stereocenters. The standard InChI is InChI=1S/C57H110O6/c1-51(2)43-37-31-25-19-14-10-7-8-12-16-22-28-34-40-46-55(58)61-49-54(50-62-56(59)47-41-35-29-24-18-21-27-33-39-45-53(5)6)63-57(60)48-42-36-30-23-17-13-9-11-15-20-26-32-38-44-52(3)4/h51-54H,7-50H2,1-6H3/t54-/m0/s1. The molecule has 0 aromatic heterocycles. The third-order valence-electron chi connectivity index (χ3n) is 12.9. The van der Waals surface area contributed by atoms with Gasteiger partial charge in [-0.05, 0) is 37.0 Å². The fraction of sp³-hybridized carbons (Fsp3) is 0.947. The van der Waals surface area contributed by atoms with Gasteiger partial charge in [0.2, 0.25) is 0 Å². The van der Waals surface area contributed by atoms with Crippen LogP contribution in [0.5, 0.6) is 0 Å². The molecule has 0 rings (SSSR count). The van der Waals surface area contributed by atoms with Crippen LogP contribution in [-0.4, -0.2) is 37.2 Å². The van der Waals surface area contributed by atoms with E-state index in [-0.39, 0.29) is 31.1 Å². The first-order valence-corrected chi connectivity index (χ1v) is 28.1. The van der Waals surface area contributed by atoms with Crippen LogP contribution in [-0.2, 0) is 28.6 Å². The van der Waals surface area contributed by atoms with E-state index in [1.54, 1.807) is 0 Å². The Hall–Kier alpha value is -1.59. The van der Waals surface area contributed by atoms with Crippen LogP contribution in [0.3, 0.4) is 0 Å². The predicted molar refractivity (Wildman–Crippen MR) is 270 cm³/mol. The molecule has 0 heterocycles. The molecule has 63 heavy (non-hydrogen) atoms. The van der Waals surface area contributed by atoms with E-state index >= 15 is 0 Å². The summed E-state index contributed by atoms with van der Waals surface area (Å²) in [5.41, 5.74) is 0. The van der Waals surface area contributed by atoms with Crippen molar-refractivity contribution in [2.75, 3.05) is 13.2 Å². The molecule has 0 aromatic rings. The maximum Gasteiger partial charge on any atom is 0.306 e. The minimum atomic E-state index is -0.763. The van der Waals surface area contributed by atoms with Crippen LogP contribution < -0.4 is 0 Å². The van der Waals surface area contributed by atoms with E-state index < -0.39 is 6.10 Å². The van der Waals surface area contributed by atoms with Crippen LogP contribution in [0.25, 0.3) is 0 Å². The van der Waals surface area contributed by atoms with Gasteiger partial charge in [0.1, 0.15) is 13.2 Å². The molecule has 0 aliphatic rings. The van der Waals surface area contributed by atoms with Crippen molar-refractivity contribution in [2.24, 2.45) is 17.8 Å². The zero-order chi connectivity index (χ0) is 46.3. The lowest BCUT2D eigenvalue weighted by atomic mass is 10.0. The van der Waals surface area contributed by atoms with Crippen molar-refractivity contribution < 1.29 is 28.6 Å². The molecule has 0 spiro atoms. The van der Waals surface area contributed by atoms with Crippen molar-refractivity contribution in [3.63, 3.8) is 0 Å². The highest BCUT2D eigenvalue weighted by Crippen LogP contribution is 2.18. The average Bonchev–Trinajstić information content (AvgIpc) is 3.24. The largest absolute Gasteiger partial charge is 0.462 e. The zero-order valence-corrected chi connectivity index (χ0v) is 43.4. The molecule has 6 nitrogen and oxygen atoms in total. The molecule has 0 fully saturated rings. The van der Waals surface area contributed by atoms with Gasteiger partial charge < -0.3 is 14.2 Å². The van der Waals surface area contributed by atoms with Gasteiger partial charge in [0.25, 0.3) is 0 Å². The Morgan fingerprint density at radius 2 is 0.460 bits per heavy atom. The lowest BCUT2D eigenvalue weighted by Gasteiger charge is -2.18. The van der Waals surface area contributed by atoms with Gasteiger partial charge in [0.15, 0.2) is 6.10 Å². The molecule has 0 aliphatic heterocycles. The number of hydrogen-bond acceptors (Lipinski definition) is 6. The molecule has 6 heteroatoms. The van der Waals surface area contributed by atoms with Crippen LogP contribution in [0, 0.1) is 17.8 Å². The molecule has 0 aliphatic carbocycles. The number of unbranched alkanes of at least 4 members (excludes halogenated alkanes) is 33. The summed E-state index contributed by atoms with van der Waals surface area (Å²) in [5.74, 6) is 1.64. The average molecular weight is 892 g/mol. The molecule has 1 atom stereocenters. The smallest absolute Gasteiger partial charge is 0.306 e. The Labute approximate surface area is 393 Å². The first kappa shape index (κ1) is 61.4. The lowest BCUT2D eigenvalue weighted by molar-refractivity contribution is -0.167. The maximum atomic E-state index is 12.8. The summed E-state index contributed by atoms with van der Waals surface area (Å²) in [6.45, 7) is 13.7. The van der Waals surface area contributed by atoms with Crippen molar-refractivity contribution in [1.29, 1.82) is 0 Å². The highest BCUT2D eigenvalue weighted by Gasteiger charge is 2.19. The number of esters is 3. The number of hydrogen-bond donors (Lipinski definition) is 0. The number of carbonyl (C=O) groups excluding carboxylic acids is 3. The van der Waals surface area contributed by atoms with Crippen LogP contribution in [0.1, 0.15) is 311 Å². The van der Waals surface area contributed by atoms with Crippen LogP contribution >= 0.6 is 0 Å². The van der Waals surface area contributed by atoms with Gasteiger partial charge in [0, 0.05) is 19.3 Å². The van der Waals surface area contributed by atoms with Gasteiger partial charge in [-0.3, -0.25) is 14.4 Å². The molecular formula is C57H110O6. The summed E-state index contributed by atoms with van der Waals surface area (Å²) in [6.07, 6.45) is 49.5. The molecule has 374 valence electrons. The summed E-state index contributed by atoms with van der Waals surface area (Å²) in [4.78, 5) is 38.1. The first-order chi connectivity index (χ1) is 30.6. The van der Waals surface area contributed by atoms with E-state index in [9.17, 15) is 14.4 Å². The van der Waals surface area contributed by atoms with Gasteiger partial charge in [-0.1, -0.05) is 273 Å². The van der Waals surface area contributed by atoms with Crippen molar-refractivity contribution in [3.05, 3.63) is 0 Å². The highest BCUT2D eigenvalue weighted by atomic mass is 16.6. The summed E-state index contributed by atoms with van der Waals surface area (Å²) in [7, 11) is 0. The van der Waals surface area contributed by atoms with Gasteiger partial charge in [-0.15, -0.1) is 0 Å². The van der Waals surface area contributed by atoms with Crippen molar-refractivity contribution in [3.8, 4) is 0 Å². The molecule has 0 bridgehead atoms. The van der Waals surface area contributed by atoms with Gasteiger partial charge in [-0.25, -0.2) is 0 Å². The number of ether oxygens (including phenoxy) is 3. The lowest BCUT2D eigenvalue weighted by Crippen LogP contribution is -2.30. The van der Waals surface area contributed by atoms with Crippen LogP contribution in [0.4, 0.5) is 0 Å². The van der Waals surface area contributed by atoms with E-state index in [2.05, 4.69) is 41.5 Å². The Kier molecular flexibility index (Phi) is 47.1. The zero-order valence-electron chi connectivity index (χ0n) is 43.4. The van der Waals surface area contributed by atoms with E-state index in [4.69, 9.17) is 14.2 Å². The summed E-state index contributed by atoms with van der Waals surface area (Å²) in [5, 5.41) is 0. The molecule has 0 saturated heterocycles. The maximum absolute atomic E-state index is 12.8. The monoisotopic (exact) mass is 891 g/mol. The van der Waals surface area contributed by atoms with Gasteiger partial charge in [-0.2, -0.15) is 0 Å². The fourth-order valence-electron chi connectivity index (χ4n) is 8.65. The van der Waals surface area contributed by atoms with E-state index in [0.29, 0.717) is 19.3 Å². The Morgan fingerprint density at radius 1 is 0.270 bits per heavy atom. The minimum Gasteiger partial charge on any atom is -0.462 e. The molecule has 0 saturated carbocycles. The quantitative estimate of drug-likeness (QED) is 0.0344. The number of carbonyl (C=O) groups is 3. The molecular weight excluding hydrogens is 781 g/mol. The highest BCUT2D eigenvalue weighted by molar-refractivity contribution is 5.71. The third-order valence-corrected chi connectivity index (χ3v) is 12.9. The van der Waals surface area contributed by atoms with Gasteiger partial charge in [0.05, 0.1) is 0 Å². The summed E-state index contributed by atoms with van der Waals surface area (Å²) >= 11 is 0. The second-order valence-corrected chi connectivity index (χ2v) is 21.0. The van der Waals surface area contributed by atoms with E-state index in [1.807, 2.05) is 0 Å². The fourth-order valence-corrected chi connectivity index (χ4v) is 8.65. The van der Waals surface area contributed by atoms with Crippen molar-refractivity contribution in [1.82, 2.24) is 0 Å². The summed E-state index contributed by atoms with van der Waals surface area (Å²) in [6, 6.07) is 0.